The molecule has 0 saturated carbocycles. The van der Waals surface area contributed by atoms with Crippen LogP contribution < -0.4 is 5.32 Å². The Balaban J connectivity index is 2.32. The standard InChI is InChI=1S/C13H25N3O/c1-4-8-14-13(3,11-17)7-5-9-16-10-6-12(2)15-16/h6,10,14,17H,4-5,7-9,11H2,1-3H3. The van der Waals surface area contributed by atoms with E-state index in [2.05, 4.69) is 24.3 Å². The highest BCUT2D eigenvalue weighted by Crippen LogP contribution is 2.12. The average molecular weight is 239 g/mol. The van der Waals surface area contributed by atoms with Crippen LogP contribution in [0.4, 0.5) is 0 Å². The zero-order chi connectivity index (χ0) is 12.7. The molecule has 0 saturated heterocycles. The number of aliphatic hydroxyl groups is 1. The van der Waals surface area contributed by atoms with Gasteiger partial charge in [0.05, 0.1) is 12.3 Å². The Morgan fingerprint density at radius 3 is 2.82 bits per heavy atom. The maximum atomic E-state index is 9.43. The molecule has 4 heteroatoms. The Bertz CT molecular complexity index is 324. The van der Waals surface area contributed by atoms with E-state index in [1.165, 1.54) is 0 Å². The maximum Gasteiger partial charge on any atom is 0.0610 e. The highest BCUT2D eigenvalue weighted by molar-refractivity contribution is 4.94. The molecule has 0 aliphatic heterocycles. The molecule has 4 nitrogen and oxygen atoms in total. The molecule has 0 radical (unpaired) electrons. The molecule has 2 N–H and O–H groups in total. The van der Waals surface area contributed by atoms with Crippen LogP contribution in [-0.2, 0) is 6.54 Å². The zero-order valence-electron chi connectivity index (χ0n) is 11.2. The van der Waals surface area contributed by atoms with E-state index in [0.29, 0.717) is 0 Å². The van der Waals surface area contributed by atoms with Crippen molar-refractivity contribution < 1.29 is 5.11 Å². The van der Waals surface area contributed by atoms with E-state index in [-0.39, 0.29) is 12.1 Å². The first kappa shape index (κ1) is 14.2. The van der Waals surface area contributed by atoms with E-state index in [1.54, 1.807) is 0 Å². The maximum absolute atomic E-state index is 9.43. The van der Waals surface area contributed by atoms with Gasteiger partial charge in [-0.15, -0.1) is 0 Å². The lowest BCUT2D eigenvalue weighted by atomic mass is 9.96. The molecule has 0 aromatic carbocycles. The lowest BCUT2D eigenvalue weighted by Crippen LogP contribution is -2.46. The van der Waals surface area contributed by atoms with Crippen molar-refractivity contribution >= 4 is 0 Å². The first-order valence-electron chi connectivity index (χ1n) is 6.45. The summed E-state index contributed by atoms with van der Waals surface area (Å²) in [5.74, 6) is 0. The van der Waals surface area contributed by atoms with Gasteiger partial charge < -0.3 is 10.4 Å². The summed E-state index contributed by atoms with van der Waals surface area (Å²) >= 11 is 0. The topological polar surface area (TPSA) is 50.1 Å². The quantitative estimate of drug-likeness (QED) is 0.726. The van der Waals surface area contributed by atoms with E-state index in [1.807, 2.05) is 23.9 Å². The normalized spacial score (nSPS) is 14.8. The van der Waals surface area contributed by atoms with Gasteiger partial charge in [-0.3, -0.25) is 4.68 Å². The molecule has 98 valence electrons. The Kier molecular flexibility index (Phi) is 5.65. The zero-order valence-corrected chi connectivity index (χ0v) is 11.2. The highest BCUT2D eigenvalue weighted by Gasteiger charge is 2.21. The number of hydrogen-bond donors (Lipinski definition) is 2. The van der Waals surface area contributed by atoms with Crippen molar-refractivity contribution in [3.8, 4) is 0 Å². The number of rotatable bonds is 8. The van der Waals surface area contributed by atoms with Crippen LogP contribution in [-0.4, -0.2) is 33.6 Å². The molecule has 1 aromatic heterocycles. The Labute approximate surface area is 104 Å². The Morgan fingerprint density at radius 1 is 1.53 bits per heavy atom. The van der Waals surface area contributed by atoms with Crippen LogP contribution in [0.2, 0.25) is 0 Å². The third kappa shape index (κ3) is 4.88. The summed E-state index contributed by atoms with van der Waals surface area (Å²) < 4.78 is 1.97. The molecule has 0 aliphatic rings. The van der Waals surface area contributed by atoms with E-state index in [0.717, 1.165) is 38.0 Å². The van der Waals surface area contributed by atoms with Crippen LogP contribution in [0.5, 0.6) is 0 Å². The smallest absolute Gasteiger partial charge is 0.0610 e. The molecule has 1 unspecified atom stereocenters. The summed E-state index contributed by atoms with van der Waals surface area (Å²) in [5.41, 5.74) is 0.900. The molecule has 0 spiro atoms. The Hall–Kier alpha value is -0.870. The minimum Gasteiger partial charge on any atom is -0.394 e. The van der Waals surface area contributed by atoms with Crippen molar-refractivity contribution in [2.45, 2.75) is 52.1 Å². The van der Waals surface area contributed by atoms with Gasteiger partial charge in [0.2, 0.25) is 0 Å². The number of hydrogen-bond acceptors (Lipinski definition) is 3. The lowest BCUT2D eigenvalue weighted by Gasteiger charge is -2.28. The van der Waals surface area contributed by atoms with E-state index in [4.69, 9.17) is 0 Å². The first-order chi connectivity index (χ1) is 8.09. The summed E-state index contributed by atoms with van der Waals surface area (Å²) in [6.45, 7) is 8.27. The van der Waals surface area contributed by atoms with Crippen molar-refractivity contribution in [1.82, 2.24) is 15.1 Å². The van der Waals surface area contributed by atoms with Gasteiger partial charge in [0.1, 0.15) is 0 Å². The number of aliphatic hydroxyl groups excluding tert-OH is 1. The summed E-state index contributed by atoms with van der Waals surface area (Å²) in [6.07, 6.45) is 5.08. The summed E-state index contributed by atoms with van der Waals surface area (Å²) in [7, 11) is 0. The van der Waals surface area contributed by atoms with Gasteiger partial charge in [0.15, 0.2) is 0 Å². The van der Waals surface area contributed by atoms with Gasteiger partial charge >= 0.3 is 0 Å². The average Bonchev–Trinajstić information content (AvgIpc) is 2.72. The van der Waals surface area contributed by atoms with Crippen molar-refractivity contribution in [2.75, 3.05) is 13.2 Å². The van der Waals surface area contributed by atoms with Crippen LogP contribution in [0.1, 0.15) is 38.8 Å². The fourth-order valence-corrected chi connectivity index (χ4v) is 1.87. The molecule has 1 rings (SSSR count). The number of aromatic nitrogens is 2. The second-order valence-electron chi connectivity index (χ2n) is 4.97. The minimum atomic E-state index is -0.155. The number of aryl methyl sites for hydroxylation is 2. The van der Waals surface area contributed by atoms with E-state index >= 15 is 0 Å². The fourth-order valence-electron chi connectivity index (χ4n) is 1.87. The van der Waals surface area contributed by atoms with Gasteiger partial charge in [-0.1, -0.05) is 6.92 Å². The van der Waals surface area contributed by atoms with Crippen LogP contribution in [0, 0.1) is 6.92 Å². The van der Waals surface area contributed by atoms with Crippen LogP contribution >= 0.6 is 0 Å². The fraction of sp³-hybridized carbons (Fsp3) is 0.769. The minimum absolute atomic E-state index is 0.155. The van der Waals surface area contributed by atoms with Crippen molar-refractivity contribution in [3.05, 3.63) is 18.0 Å². The van der Waals surface area contributed by atoms with E-state index in [9.17, 15) is 5.11 Å². The van der Waals surface area contributed by atoms with Gasteiger partial charge in [-0.25, -0.2) is 0 Å². The largest absolute Gasteiger partial charge is 0.394 e. The lowest BCUT2D eigenvalue weighted by molar-refractivity contribution is 0.162. The van der Waals surface area contributed by atoms with Gasteiger partial charge in [0, 0.05) is 18.3 Å². The van der Waals surface area contributed by atoms with Gasteiger partial charge in [-0.05, 0) is 45.7 Å². The molecule has 1 aromatic rings. The molecular weight excluding hydrogens is 214 g/mol. The monoisotopic (exact) mass is 239 g/mol. The Morgan fingerprint density at radius 2 is 2.29 bits per heavy atom. The van der Waals surface area contributed by atoms with Crippen LogP contribution in [0.25, 0.3) is 0 Å². The van der Waals surface area contributed by atoms with Gasteiger partial charge in [0.25, 0.3) is 0 Å². The summed E-state index contributed by atoms with van der Waals surface area (Å²) in [6, 6.07) is 2.01. The predicted octanol–water partition coefficient (Wildman–Crippen LogP) is 1.72. The third-order valence-corrected chi connectivity index (χ3v) is 3.04. The third-order valence-electron chi connectivity index (χ3n) is 3.04. The molecule has 0 aliphatic carbocycles. The van der Waals surface area contributed by atoms with E-state index < -0.39 is 0 Å². The van der Waals surface area contributed by atoms with Crippen molar-refractivity contribution in [3.63, 3.8) is 0 Å². The molecule has 1 atom stereocenters. The van der Waals surface area contributed by atoms with Crippen molar-refractivity contribution in [1.29, 1.82) is 0 Å². The molecule has 0 bridgehead atoms. The second-order valence-corrected chi connectivity index (χ2v) is 4.97. The first-order valence-corrected chi connectivity index (χ1v) is 6.45. The van der Waals surface area contributed by atoms with Crippen LogP contribution in [0.15, 0.2) is 12.3 Å². The number of nitrogens with one attached hydrogen (secondary N) is 1. The van der Waals surface area contributed by atoms with Crippen LogP contribution in [0.3, 0.4) is 0 Å². The van der Waals surface area contributed by atoms with Crippen molar-refractivity contribution in [2.24, 2.45) is 0 Å². The molecule has 17 heavy (non-hydrogen) atoms. The number of nitrogens with zero attached hydrogens (tertiary/aromatic N) is 2. The second kappa shape index (κ2) is 6.77. The molecule has 0 amide bonds. The summed E-state index contributed by atoms with van der Waals surface area (Å²) in [4.78, 5) is 0. The molecule has 0 fully saturated rings. The SMILES string of the molecule is CCCNC(C)(CO)CCCn1ccc(C)n1. The predicted molar refractivity (Wildman–Crippen MR) is 70.0 cm³/mol. The highest BCUT2D eigenvalue weighted by atomic mass is 16.3. The molecular formula is C13H25N3O. The molecule has 1 heterocycles. The summed E-state index contributed by atoms with van der Waals surface area (Å²) in [5, 5.41) is 17.2. The van der Waals surface area contributed by atoms with Gasteiger partial charge in [-0.2, -0.15) is 5.10 Å².